The second-order valence-corrected chi connectivity index (χ2v) is 5.76. The van der Waals surface area contributed by atoms with Gasteiger partial charge in [0.25, 0.3) is 0 Å². The van der Waals surface area contributed by atoms with E-state index in [9.17, 15) is 0 Å². The van der Waals surface area contributed by atoms with Crippen molar-refractivity contribution in [2.75, 3.05) is 12.1 Å². The van der Waals surface area contributed by atoms with Gasteiger partial charge in [-0.15, -0.1) is 0 Å². The topological polar surface area (TPSA) is 56.3 Å². The van der Waals surface area contributed by atoms with Crippen LogP contribution in [0, 0.1) is 0 Å². The Kier molecular flexibility index (Phi) is 3.31. The van der Waals surface area contributed by atoms with Gasteiger partial charge in [-0.05, 0) is 45.8 Å². The summed E-state index contributed by atoms with van der Waals surface area (Å²) in [5, 5.41) is 4.36. The van der Waals surface area contributed by atoms with Crippen molar-refractivity contribution in [3.63, 3.8) is 0 Å². The lowest BCUT2D eigenvalue weighted by Crippen LogP contribution is -2.02. The monoisotopic (exact) mass is 357 g/mol. The van der Waals surface area contributed by atoms with Crippen molar-refractivity contribution < 1.29 is 9.47 Å². The van der Waals surface area contributed by atoms with Crippen LogP contribution >= 0.6 is 15.9 Å². The van der Waals surface area contributed by atoms with Gasteiger partial charge in [0.05, 0.1) is 9.99 Å². The summed E-state index contributed by atoms with van der Waals surface area (Å²) in [4.78, 5) is 8.59. The van der Waals surface area contributed by atoms with Crippen LogP contribution in [0.25, 0.3) is 10.9 Å². The predicted octanol–water partition coefficient (Wildman–Crippen LogP) is 3.73. The molecule has 1 aliphatic heterocycles. The van der Waals surface area contributed by atoms with E-state index in [1.165, 1.54) is 0 Å². The summed E-state index contributed by atoms with van der Waals surface area (Å²) in [6.45, 7) is 0.900. The Morgan fingerprint density at radius 2 is 2.05 bits per heavy atom. The molecule has 22 heavy (non-hydrogen) atoms. The molecule has 0 bridgehead atoms. The van der Waals surface area contributed by atoms with E-state index in [0.717, 1.165) is 38.3 Å². The molecule has 0 aliphatic carbocycles. The number of aromatic nitrogens is 2. The Bertz CT molecular complexity index is 849. The summed E-state index contributed by atoms with van der Waals surface area (Å²) < 4.78 is 11.7. The number of nitrogens with zero attached hydrogens (tertiary/aromatic N) is 2. The third-order valence-electron chi connectivity index (χ3n) is 3.49. The Morgan fingerprint density at radius 3 is 3.00 bits per heavy atom. The molecule has 4 rings (SSSR count). The van der Waals surface area contributed by atoms with Crippen molar-refractivity contribution in [3.05, 3.63) is 52.8 Å². The molecule has 0 saturated heterocycles. The molecule has 110 valence electrons. The zero-order valence-electron chi connectivity index (χ0n) is 11.5. The molecule has 5 nitrogen and oxygen atoms in total. The first-order valence-corrected chi connectivity index (χ1v) is 7.62. The summed E-state index contributed by atoms with van der Waals surface area (Å²) in [5.74, 6) is 2.34. The molecular formula is C16H12BrN3O2. The molecule has 2 aromatic carbocycles. The first-order valence-electron chi connectivity index (χ1n) is 6.83. The van der Waals surface area contributed by atoms with Crippen LogP contribution in [0.5, 0.6) is 11.5 Å². The smallest absolute Gasteiger partial charge is 0.231 e. The van der Waals surface area contributed by atoms with Crippen LogP contribution in [0.4, 0.5) is 5.82 Å². The maximum Gasteiger partial charge on any atom is 0.231 e. The predicted molar refractivity (Wildman–Crippen MR) is 87.1 cm³/mol. The van der Waals surface area contributed by atoms with Crippen LogP contribution in [0.2, 0.25) is 0 Å². The third kappa shape index (κ3) is 2.35. The number of rotatable bonds is 3. The number of hydrogen-bond donors (Lipinski definition) is 1. The van der Waals surface area contributed by atoms with Gasteiger partial charge in [-0.25, -0.2) is 9.97 Å². The largest absolute Gasteiger partial charge is 0.454 e. The van der Waals surface area contributed by atoms with E-state index in [2.05, 4.69) is 31.2 Å². The van der Waals surface area contributed by atoms with Crippen LogP contribution in [0.3, 0.4) is 0 Å². The molecule has 1 aromatic heterocycles. The highest BCUT2D eigenvalue weighted by Crippen LogP contribution is 2.40. The molecule has 0 spiro atoms. The number of fused-ring (bicyclic) bond motifs is 2. The molecule has 1 aliphatic rings. The molecule has 6 heteroatoms. The molecular weight excluding hydrogens is 346 g/mol. The van der Waals surface area contributed by atoms with Crippen LogP contribution in [-0.2, 0) is 6.54 Å². The SMILES string of the molecule is Brc1cc(CNc2ncnc3ccccc23)cc2c1OCO2. The van der Waals surface area contributed by atoms with Crippen molar-refractivity contribution in [3.8, 4) is 11.5 Å². The molecule has 0 atom stereocenters. The normalized spacial score (nSPS) is 12.6. The quantitative estimate of drug-likeness (QED) is 0.773. The van der Waals surface area contributed by atoms with E-state index in [1.54, 1.807) is 6.33 Å². The Balaban J connectivity index is 1.61. The molecule has 1 N–H and O–H groups in total. The van der Waals surface area contributed by atoms with Gasteiger partial charge in [0, 0.05) is 11.9 Å². The molecule has 0 saturated carbocycles. The minimum Gasteiger partial charge on any atom is -0.454 e. The number of anilines is 1. The van der Waals surface area contributed by atoms with Gasteiger partial charge in [-0.2, -0.15) is 0 Å². The summed E-state index contributed by atoms with van der Waals surface area (Å²) in [6, 6.07) is 11.9. The highest BCUT2D eigenvalue weighted by Gasteiger charge is 2.17. The van der Waals surface area contributed by atoms with Crippen LogP contribution in [0.15, 0.2) is 47.2 Å². The van der Waals surface area contributed by atoms with Gasteiger partial charge in [-0.1, -0.05) is 12.1 Å². The fraction of sp³-hybridized carbons (Fsp3) is 0.125. The number of para-hydroxylation sites is 1. The minimum atomic E-state index is 0.265. The van der Waals surface area contributed by atoms with E-state index in [4.69, 9.17) is 9.47 Å². The van der Waals surface area contributed by atoms with Gasteiger partial charge >= 0.3 is 0 Å². The van der Waals surface area contributed by atoms with Gasteiger partial charge in [0.1, 0.15) is 12.1 Å². The molecule has 0 radical (unpaired) electrons. The highest BCUT2D eigenvalue weighted by atomic mass is 79.9. The fourth-order valence-electron chi connectivity index (χ4n) is 2.45. The number of halogens is 1. The zero-order chi connectivity index (χ0) is 14.9. The summed E-state index contributed by atoms with van der Waals surface area (Å²) in [6.07, 6.45) is 1.57. The Labute approximate surface area is 135 Å². The van der Waals surface area contributed by atoms with E-state index in [1.807, 2.05) is 36.4 Å². The zero-order valence-corrected chi connectivity index (χ0v) is 13.1. The first-order chi connectivity index (χ1) is 10.8. The Hall–Kier alpha value is -2.34. The molecule has 2 heterocycles. The third-order valence-corrected chi connectivity index (χ3v) is 4.08. The number of benzene rings is 2. The van der Waals surface area contributed by atoms with Crippen molar-refractivity contribution in [1.29, 1.82) is 0 Å². The second kappa shape index (κ2) is 5.46. The lowest BCUT2D eigenvalue weighted by molar-refractivity contribution is 0.173. The number of ether oxygens (including phenoxy) is 2. The molecule has 0 amide bonds. The minimum absolute atomic E-state index is 0.265. The van der Waals surface area contributed by atoms with Crippen LogP contribution < -0.4 is 14.8 Å². The Morgan fingerprint density at radius 1 is 1.14 bits per heavy atom. The lowest BCUT2D eigenvalue weighted by atomic mass is 10.2. The van der Waals surface area contributed by atoms with E-state index in [0.29, 0.717) is 6.54 Å². The van der Waals surface area contributed by atoms with Crippen molar-refractivity contribution in [2.45, 2.75) is 6.54 Å². The van der Waals surface area contributed by atoms with Gasteiger partial charge in [0.15, 0.2) is 11.5 Å². The average molecular weight is 358 g/mol. The molecule has 3 aromatic rings. The van der Waals surface area contributed by atoms with Crippen molar-refractivity contribution in [2.24, 2.45) is 0 Å². The summed E-state index contributed by atoms with van der Waals surface area (Å²) in [7, 11) is 0. The van der Waals surface area contributed by atoms with Crippen molar-refractivity contribution in [1.82, 2.24) is 9.97 Å². The fourth-order valence-corrected chi connectivity index (χ4v) is 3.06. The second-order valence-electron chi connectivity index (χ2n) is 4.90. The first kappa shape index (κ1) is 13.3. The molecule has 0 unspecified atom stereocenters. The van der Waals surface area contributed by atoms with Gasteiger partial charge in [0.2, 0.25) is 6.79 Å². The van der Waals surface area contributed by atoms with E-state index < -0.39 is 0 Å². The summed E-state index contributed by atoms with van der Waals surface area (Å²) >= 11 is 3.51. The lowest BCUT2D eigenvalue weighted by Gasteiger charge is -2.09. The van der Waals surface area contributed by atoms with Gasteiger partial charge < -0.3 is 14.8 Å². The standard InChI is InChI=1S/C16H12BrN3O2/c17-12-5-10(6-14-15(12)22-9-21-14)7-18-16-11-3-1-2-4-13(11)19-8-20-16/h1-6,8H,7,9H2,(H,18,19,20). The number of nitrogens with one attached hydrogen (secondary N) is 1. The average Bonchev–Trinajstić information content (AvgIpc) is 3.02. The summed E-state index contributed by atoms with van der Waals surface area (Å²) in [5.41, 5.74) is 2.01. The van der Waals surface area contributed by atoms with Crippen molar-refractivity contribution >= 4 is 32.7 Å². The maximum absolute atomic E-state index is 5.44. The van der Waals surface area contributed by atoms with Gasteiger partial charge in [-0.3, -0.25) is 0 Å². The maximum atomic E-state index is 5.44. The van der Waals surface area contributed by atoms with E-state index in [-0.39, 0.29) is 6.79 Å². The molecule has 0 fully saturated rings. The van der Waals surface area contributed by atoms with Crippen LogP contribution in [0.1, 0.15) is 5.56 Å². The highest BCUT2D eigenvalue weighted by molar-refractivity contribution is 9.10. The number of hydrogen-bond acceptors (Lipinski definition) is 5. The van der Waals surface area contributed by atoms with E-state index >= 15 is 0 Å². The van der Waals surface area contributed by atoms with Crippen LogP contribution in [-0.4, -0.2) is 16.8 Å².